The smallest absolute Gasteiger partial charge is 0.255 e. The van der Waals surface area contributed by atoms with Crippen LogP contribution in [0.2, 0.25) is 0 Å². The molecule has 0 radical (unpaired) electrons. The first kappa shape index (κ1) is 15.3. The van der Waals surface area contributed by atoms with Gasteiger partial charge in [0.05, 0.1) is 18.3 Å². The summed E-state index contributed by atoms with van der Waals surface area (Å²) in [7, 11) is 1.49. The molecular formula is C14H22N2O3. The van der Waals surface area contributed by atoms with Gasteiger partial charge < -0.3 is 20.9 Å². The second-order valence-electron chi connectivity index (χ2n) is 4.57. The van der Waals surface area contributed by atoms with Crippen molar-refractivity contribution in [2.45, 2.75) is 32.3 Å². The van der Waals surface area contributed by atoms with Gasteiger partial charge in [0.25, 0.3) is 5.91 Å². The number of carbonyl (C=O) groups excluding carboxylic acids is 1. The van der Waals surface area contributed by atoms with Crippen molar-refractivity contribution >= 4 is 11.6 Å². The Morgan fingerprint density at radius 3 is 2.58 bits per heavy atom. The minimum absolute atomic E-state index is 0.215. The zero-order chi connectivity index (χ0) is 14.5. The predicted octanol–water partition coefficient (Wildman–Crippen LogP) is 1.56. The molecule has 0 aliphatic heterocycles. The molecule has 5 nitrogen and oxygen atoms in total. The Labute approximate surface area is 113 Å². The number of nitrogens with two attached hydrogens (primary N) is 1. The summed E-state index contributed by atoms with van der Waals surface area (Å²) in [6, 6.07) is 4.85. The number of hydrogen-bond donors (Lipinski definition) is 3. The highest BCUT2D eigenvalue weighted by atomic mass is 16.5. The van der Waals surface area contributed by atoms with Gasteiger partial charge in [-0.2, -0.15) is 0 Å². The van der Waals surface area contributed by atoms with Gasteiger partial charge in [-0.15, -0.1) is 0 Å². The molecule has 0 saturated carbocycles. The molecule has 0 saturated heterocycles. The molecule has 0 unspecified atom stereocenters. The van der Waals surface area contributed by atoms with Crippen LogP contribution >= 0.6 is 0 Å². The van der Waals surface area contributed by atoms with E-state index >= 15 is 0 Å². The van der Waals surface area contributed by atoms with Gasteiger partial charge in [-0.3, -0.25) is 4.79 Å². The van der Waals surface area contributed by atoms with Crippen LogP contribution in [0.1, 0.15) is 37.0 Å². The molecule has 19 heavy (non-hydrogen) atoms. The van der Waals surface area contributed by atoms with Crippen molar-refractivity contribution in [1.82, 2.24) is 5.32 Å². The number of aliphatic hydroxyl groups is 1. The van der Waals surface area contributed by atoms with Crippen LogP contribution in [-0.4, -0.2) is 30.3 Å². The van der Waals surface area contributed by atoms with E-state index in [-0.39, 0.29) is 12.5 Å². The van der Waals surface area contributed by atoms with Crippen LogP contribution in [-0.2, 0) is 0 Å². The number of anilines is 1. The quantitative estimate of drug-likeness (QED) is 0.682. The highest BCUT2D eigenvalue weighted by Crippen LogP contribution is 2.21. The lowest BCUT2D eigenvalue weighted by Gasteiger charge is -2.25. The third-order valence-corrected chi connectivity index (χ3v) is 3.36. The highest BCUT2D eigenvalue weighted by Gasteiger charge is 2.23. The fourth-order valence-electron chi connectivity index (χ4n) is 1.74. The van der Waals surface area contributed by atoms with Crippen LogP contribution in [0, 0.1) is 0 Å². The van der Waals surface area contributed by atoms with Gasteiger partial charge in [0.15, 0.2) is 0 Å². The van der Waals surface area contributed by atoms with Crippen molar-refractivity contribution in [2.24, 2.45) is 0 Å². The van der Waals surface area contributed by atoms with E-state index in [0.717, 1.165) is 0 Å². The normalized spacial score (nSPS) is 11.2. The number of benzene rings is 1. The maximum atomic E-state index is 12.1. The van der Waals surface area contributed by atoms with E-state index in [1.807, 2.05) is 13.8 Å². The lowest BCUT2D eigenvalue weighted by Crippen LogP contribution is -2.42. The average molecular weight is 266 g/mol. The van der Waals surface area contributed by atoms with E-state index in [1.54, 1.807) is 18.2 Å². The van der Waals surface area contributed by atoms with Gasteiger partial charge in [0.2, 0.25) is 0 Å². The van der Waals surface area contributed by atoms with Gasteiger partial charge >= 0.3 is 0 Å². The molecule has 1 aromatic carbocycles. The number of ether oxygens (including phenoxy) is 1. The molecule has 0 aliphatic carbocycles. The first-order chi connectivity index (χ1) is 8.95. The van der Waals surface area contributed by atoms with Crippen LogP contribution in [0.15, 0.2) is 18.2 Å². The number of nitrogen functional groups attached to an aromatic ring is 1. The fraction of sp³-hybridized carbons (Fsp3) is 0.500. The standard InChI is InChI=1S/C14H22N2O3/c1-4-14(18,5-2)9-16-13(17)11-7-6-10(15)8-12(11)19-3/h6-8,18H,4-5,9,15H2,1-3H3,(H,16,17). The van der Waals surface area contributed by atoms with Crippen molar-refractivity contribution in [3.63, 3.8) is 0 Å². The van der Waals surface area contributed by atoms with Crippen molar-refractivity contribution in [1.29, 1.82) is 0 Å². The summed E-state index contributed by atoms with van der Waals surface area (Å²) in [5.74, 6) is 0.145. The molecule has 1 aromatic rings. The Morgan fingerprint density at radius 2 is 2.05 bits per heavy atom. The summed E-state index contributed by atoms with van der Waals surface area (Å²) in [6.07, 6.45) is 1.17. The minimum Gasteiger partial charge on any atom is -0.496 e. The Hall–Kier alpha value is -1.75. The summed E-state index contributed by atoms with van der Waals surface area (Å²) < 4.78 is 5.13. The van der Waals surface area contributed by atoms with E-state index < -0.39 is 5.60 Å². The number of nitrogens with one attached hydrogen (secondary N) is 1. The first-order valence-electron chi connectivity index (χ1n) is 6.40. The summed E-state index contributed by atoms with van der Waals surface area (Å²) in [5, 5.41) is 12.9. The van der Waals surface area contributed by atoms with Gasteiger partial charge in [-0.25, -0.2) is 0 Å². The zero-order valence-corrected chi connectivity index (χ0v) is 11.7. The summed E-state index contributed by atoms with van der Waals surface area (Å²) in [6.45, 7) is 3.99. The summed E-state index contributed by atoms with van der Waals surface area (Å²) in [4.78, 5) is 12.1. The monoisotopic (exact) mass is 266 g/mol. The van der Waals surface area contributed by atoms with Crippen molar-refractivity contribution < 1.29 is 14.6 Å². The molecule has 0 aromatic heterocycles. The molecule has 0 spiro atoms. The van der Waals surface area contributed by atoms with E-state index in [2.05, 4.69) is 5.32 Å². The molecule has 0 heterocycles. The van der Waals surface area contributed by atoms with Crippen LogP contribution in [0.4, 0.5) is 5.69 Å². The number of carbonyl (C=O) groups is 1. The maximum absolute atomic E-state index is 12.1. The molecule has 1 rings (SSSR count). The fourth-order valence-corrected chi connectivity index (χ4v) is 1.74. The second-order valence-corrected chi connectivity index (χ2v) is 4.57. The van der Waals surface area contributed by atoms with Crippen molar-refractivity contribution in [3.05, 3.63) is 23.8 Å². The summed E-state index contributed by atoms with van der Waals surface area (Å²) >= 11 is 0. The Morgan fingerprint density at radius 1 is 1.42 bits per heavy atom. The third-order valence-electron chi connectivity index (χ3n) is 3.36. The molecule has 5 heteroatoms. The summed E-state index contributed by atoms with van der Waals surface area (Å²) in [5.41, 5.74) is 5.72. The molecule has 0 bridgehead atoms. The largest absolute Gasteiger partial charge is 0.496 e. The highest BCUT2D eigenvalue weighted by molar-refractivity contribution is 5.97. The number of hydrogen-bond acceptors (Lipinski definition) is 4. The van der Waals surface area contributed by atoms with Gasteiger partial charge in [0, 0.05) is 18.3 Å². The van der Waals surface area contributed by atoms with Crippen LogP contribution in [0.25, 0.3) is 0 Å². The Kier molecular flexibility index (Phi) is 5.18. The zero-order valence-electron chi connectivity index (χ0n) is 11.7. The molecule has 106 valence electrons. The Balaban J connectivity index is 2.79. The SMILES string of the molecule is CCC(O)(CC)CNC(=O)c1ccc(N)cc1OC. The molecule has 0 aliphatic rings. The Bertz CT molecular complexity index is 442. The maximum Gasteiger partial charge on any atom is 0.255 e. The third kappa shape index (κ3) is 3.86. The molecule has 1 amide bonds. The molecule has 4 N–H and O–H groups in total. The minimum atomic E-state index is -0.864. The lowest BCUT2D eigenvalue weighted by atomic mass is 9.97. The average Bonchev–Trinajstić information content (AvgIpc) is 2.44. The molecular weight excluding hydrogens is 244 g/mol. The van der Waals surface area contributed by atoms with Gasteiger partial charge in [0.1, 0.15) is 5.75 Å². The number of rotatable bonds is 6. The van der Waals surface area contributed by atoms with Crippen molar-refractivity contribution in [3.8, 4) is 5.75 Å². The molecule has 0 atom stereocenters. The predicted molar refractivity (Wildman–Crippen MR) is 75.3 cm³/mol. The van der Waals surface area contributed by atoms with Crippen LogP contribution in [0.5, 0.6) is 5.75 Å². The van der Waals surface area contributed by atoms with Gasteiger partial charge in [-0.05, 0) is 25.0 Å². The van der Waals surface area contributed by atoms with E-state index in [0.29, 0.717) is 29.8 Å². The van der Waals surface area contributed by atoms with Crippen LogP contribution < -0.4 is 15.8 Å². The van der Waals surface area contributed by atoms with Gasteiger partial charge in [-0.1, -0.05) is 13.8 Å². The van der Waals surface area contributed by atoms with Crippen LogP contribution in [0.3, 0.4) is 0 Å². The number of methoxy groups -OCH3 is 1. The first-order valence-corrected chi connectivity index (χ1v) is 6.40. The topological polar surface area (TPSA) is 84.6 Å². The van der Waals surface area contributed by atoms with E-state index in [4.69, 9.17) is 10.5 Å². The van der Waals surface area contributed by atoms with Crippen molar-refractivity contribution in [2.75, 3.05) is 19.4 Å². The van der Waals surface area contributed by atoms with E-state index in [9.17, 15) is 9.90 Å². The second kappa shape index (κ2) is 6.43. The van der Waals surface area contributed by atoms with E-state index in [1.165, 1.54) is 7.11 Å². The molecule has 0 fully saturated rings. The lowest BCUT2D eigenvalue weighted by molar-refractivity contribution is 0.0313. The number of amides is 1.